The van der Waals surface area contributed by atoms with Crippen LogP contribution in [-0.2, 0) is 13.1 Å². The number of imidazole rings is 5. The van der Waals surface area contributed by atoms with E-state index in [1.54, 1.807) is 43.5 Å². The van der Waals surface area contributed by atoms with E-state index in [2.05, 4.69) is 80.9 Å². The molecule has 0 spiro atoms. The zero-order valence-electron chi connectivity index (χ0n) is 24.4. The van der Waals surface area contributed by atoms with Crippen LogP contribution in [0.1, 0.15) is 58.8 Å². The molecule has 0 aliphatic carbocycles. The van der Waals surface area contributed by atoms with Crippen molar-refractivity contribution in [3.63, 3.8) is 0 Å². The maximum atomic E-state index is 4.02. The van der Waals surface area contributed by atoms with E-state index < -0.39 is 0 Å². The number of nitrogens with zero attached hydrogens (tertiary/aromatic N) is 9. The molecule has 0 atom stereocenters. The molecule has 0 amide bonds. The number of alkyl halides is 2. The van der Waals surface area contributed by atoms with Gasteiger partial charge in [-0.3, -0.25) is 0 Å². The topological polar surface area (TPSA) is 118 Å². The summed E-state index contributed by atoms with van der Waals surface area (Å²) in [7, 11) is 0. The Morgan fingerprint density at radius 2 is 1.05 bits per heavy atom. The first kappa shape index (κ1) is 46.7. The molecule has 5 aromatic rings. The Bertz CT molecular complexity index is 842. The summed E-state index contributed by atoms with van der Waals surface area (Å²) < 4.78 is 4.27. The number of hydrogen-bond acceptors (Lipinski definition) is 5. The average Bonchev–Trinajstić information content (AvgIpc) is 3.83. The van der Waals surface area contributed by atoms with Gasteiger partial charge in [-0.2, -0.15) is 0 Å². The largest absolute Gasteiger partial charge is 1.00 e. The van der Waals surface area contributed by atoms with Crippen molar-refractivity contribution in [3.05, 3.63) is 93.6 Å². The van der Waals surface area contributed by atoms with Crippen molar-refractivity contribution < 1.29 is 103 Å². The third-order valence-electron chi connectivity index (χ3n) is 4.87. The van der Waals surface area contributed by atoms with Gasteiger partial charge in [-0.15, -0.1) is 0 Å². The predicted molar refractivity (Wildman–Crippen MR) is 169 cm³/mol. The van der Waals surface area contributed by atoms with Crippen LogP contribution in [0.4, 0.5) is 0 Å². The minimum atomic E-state index is 0. The second kappa shape index (κ2) is 39.3. The van der Waals surface area contributed by atoms with Crippen LogP contribution < -0.4 is 113 Å². The molecular weight excluding hydrogens is 714 g/mol. The van der Waals surface area contributed by atoms with Gasteiger partial charge in [0, 0.05) is 60.9 Å². The minimum absolute atomic E-state index is 0. The summed E-state index contributed by atoms with van der Waals surface area (Å²) in [5.74, 6) is 0. The molecule has 5 rings (SSSR count). The normalized spacial score (nSPS) is 8.81. The molecule has 0 unspecified atom stereocenters. The second-order valence-electron chi connectivity index (χ2n) is 7.99. The summed E-state index contributed by atoms with van der Waals surface area (Å²) in [4.78, 5) is 28.9. The molecule has 1 N–H and O–H groups in total. The molecule has 0 aromatic carbocycles. The first-order valence-electron chi connectivity index (χ1n) is 13.1. The third-order valence-corrected chi connectivity index (χ3v) is 5.99. The summed E-state index contributed by atoms with van der Waals surface area (Å²) in [5.41, 5.74) is 0. The van der Waals surface area contributed by atoms with Gasteiger partial charge in [-0.05, 0) is 25.7 Å². The molecule has 0 saturated carbocycles. The Morgan fingerprint density at radius 3 is 1.29 bits per heavy atom. The van der Waals surface area contributed by atoms with Gasteiger partial charge < -0.3 is 34.1 Å². The molecule has 0 radical (unpaired) electrons. The van der Waals surface area contributed by atoms with Gasteiger partial charge in [0.25, 0.3) is 0 Å². The molecule has 0 aliphatic rings. The number of aryl methyl sites for hydroxylation is 2. The predicted octanol–water partition coefficient (Wildman–Crippen LogP) is 0.808. The van der Waals surface area contributed by atoms with Gasteiger partial charge in [-0.1, -0.05) is 102 Å². The van der Waals surface area contributed by atoms with E-state index in [1.807, 2.05) is 37.4 Å². The van der Waals surface area contributed by atoms with Crippen molar-refractivity contribution in [2.45, 2.75) is 71.9 Å². The van der Waals surface area contributed by atoms with Crippen LogP contribution in [-0.4, -0.2) is 49.7 Å². The molecule has 222 valence electrons. The SMILES string of the molecule is BrCCCCCCBr.C.[K+].[K+].c1c[n-]cn1.c1c[n-]cn1.c1c[nH]cn1.c1cn(CCCCCCn2ccnc2)cn1. The van der Waals surface area contributed by atoms with Gasteiger partial charge in [0.15, 0.2) is 0 Å². The van der Waals surface area contributed by atoms with Crippen LogP contribution >= 0.6 is 31.9 Å². The number of hydrogen-bond donors (Lipinski definition) is 1. The fourth-order valence-corrected chi connectivity index (χ4v) is 3.72. The van der Waals surface area contributed by atoms with Crippen molar-refractivity contribution in [2.75, 3.05) is 10.7 Å². The average molecular weight is 759 g/mol. The number of unbranched alkanes of at least 4 members (excludes halogenated alkanes) is 6. The third kappa shape index (κ3) is 33.2. The fraction of sp³-hybridized carbons (Fsp3) is 0.464. The van der Waals surface area contributed by atoms with E-state index >= 15 is 0 Å². The van der Waals surface area contributed by atoms with Crippen LogP contribution in [0.15, 0.2) is 93.6 Å². The van der Waals surface area contributed by atoms with Crippen molar-refractivity contribution in [1.82, 2.24) is 49.0 Å². The molecule has 0 fully saturated rings. The first-order valence-corrected chi connectivity index (χ1v) is 15.3. The van der Waals surface area contributed by atoms with E-state index in [9.17, 15) is 0 Å². The van der Waals surface area contributed by atoms with E-state index in [0.717, 1.165) is 23.7 Å². The van der Waals surface area contributed by atoms with Crippen molar-refractivity contribution in [1.29, 1.82) is 0 Å². The van der Waals surface area contributed by atoms with Gasteiger partial charge in [0.05, 0.1) is 19.0 Å². The first-order chi connectivity index (χ1) is 19.4. The van der Waals surface area contributed by atoms with Crippen LogP contribution in [0, 0.1) is 0 Å². The molecule has 5 heterocycles. The van der Waals surface area contributed by atoms with Gasteiger partial charge in [-0.25, -0.2) is 15.0 Å². The van der Waals surface area contributed by atoms with Gasteiger partial charge in [0.2, 0.25) is 0 Å². The molecule has 42 heavy (non-hydrogen) atoms. The Labute approximate surface area is 354 Å². The van der Waals surface area contributed by atoms with Crippen LogP contribution in [0.25, 0.3) is 0 Å². The number of halogens is 2. The Hall–Kier alpha value is 0.283. The summed E-state index contributed by atoms with van der Waals surface area (Å²) in [6.07, 6.45) is 36.5. The Kier molecular flexibility index (Phi) is 43.7. The van der Waals surface area contributed by atoms with E-state index in [-0.39, 0.29) is 110 Å². The van der Waals surface area contributed by atoms with Crippen molar-refractivity contribution >= 4 is 31.9 Å². The van der Waals surface area contributed by atoms with E-state index in [1.165, 1.54) is 64.0 Å². The number of aromatic amines is 1. The molecular formula is C28H44Br2K2N10. The Morgan fingerprint density at radius 1 is 0.571 bits per heavy atom. The molecule has 14 heteroatoms. The molecule has 0 aliphatic heterocycles. The molecule has 10 nitrogen and oxygen atoms in total. The summed E-state index contributed by atoms with van der Waals surface area (Å²) in [5, 5.41) is 2.32. The quantitative estimate of drug-likeness (QED) is 0.114. The second-order valence-corrected chi connectivity index (χ2v) is 9.58. The van der Waals surface area contributed by atoms with Gasteiger partial charge >= 0.3 is 103 Å². The zero-order valence-corrected chi connectivity index (χ0v) is 33.8. The summed E-state index contributed by atoms with van der Waals surface area (Å²) in [6.45, 7) is 2.18. The van der Waals surface area contributed by atoms with E-state index in [0.29, 0.717) is 0 Å². The monoisotopic (exact) mass is 756 g/mol. The number of aromatic nitrogens is 10. The zero-order chi connectivity index (χ0) is 27.9. The van der Waals surface area contributed by atoms with Crippen LogP contribution in [0.2, 0.25) is 0 Å². The number of nitrogens with one attached hydrogen (secondary N) is 1. The maximum absolute atomic E-state index is 4.02. The number of rotatable bonds is 12. The number of H-pyrrole nitrogens is 1. The summed E-state index contributed by atoms with van der Waals surface area (Å²) in [6, 6.07) is 0. The standard InChI is InChI=1S/C12H18N4.C6H12Br2.C3H4N2.2C3H3N2.CH4.2K/c1(3-7-15-9-5-13-11-15)2-4-8-16-10-6-14-12-16;7-5-3-1-2-4-6-8;3*1-2-5-3-4-1;;;/h5-6,9-12H,1-4,7-8H2;1-6H2;1-3H,(H,4,5);2*1-3H;1H4;;/q;;;2*-1;;2*+1. The smallest absolute Gasteiger partial charge is 0.450 e. The summed E-state index contributed by atoms with van der Waals surface area (Å²) >= 11 is 6.78. The molecule has 0 bridgehead atoms. The van der Waals surface area contributed by atoms with Crippen LogP contribution in [0.5, 0.6) is 0 Å². The molecule has 0 saturated heterocycles. The van der Waals surface area contributed by atoms with Crippen molar-refractivity contribution in [3.8, 4) is 0 Å². The molecule has 5 aromatic heterocycles. The Balaban J connectivity index is -0.000000493. The van der Waals surface area contributed by atoms with Gasteiger partial charge in [0.1, 0.15) is 0 Å². The fourth-order valence-electron chi connectivity index (χ4n) is 2.92. The van der Waals surface area contributed by atoms with Crippen molar-refractivity contribution in [2.24, 2.45) is 0 Å². The van der Waals surface area contributed by atoms with Crippen LogP contribution in [0.3, 0.4) is 0 Å². The minimum Gasteiger partial charge on any atom is -0.450 e. The maximum Gasteiger partial charge on any atom is 1.00 e. The van der Waals surface area contributed by atoms with E-state index in [4.69, 9.17) is 0 Å².